The van der Waals surface area contributed by atoms with E-state index >= 15 is 0 Å². The van der Waals surface area contributed by atoms with E-state index in [2.05, 4.69) is 17.3 Å². The van der Waals surface area contributed by atoms with Crippen LogP contribution in [0.4, 0.5) is 11.5 Å². The minimum absolute atomic E-state index is 0.0893. The summed E-state index contributed by atoms with van der Waals surface area (Å²) in [5.74, 6) is 1.37. The van der Waals surface area contributed by atoms with E-state index in [1.807, 2.05) is 6.07 Å². The van der Waals surface area contributed by atoms with Crippen molar-refractivity contribution in [1.82, 2.24) is 14.7 Å². The van der Waals surface area contributed by atoms with E-state index in [1.54, 1.807) is 16.8 Å². The van der Waals surface area contributed by atoms with Gasteiger partial charge in [0.05, 0.1) is 10.6 Å². The van der Waals surface area contributed by atoms with Gasteiger partial charge in [-0.15, -0.1) is 0 Å². The number of nitro groups is 1. The van der Waals surface area contributed by atoms with Crippen LogP contribution in [-0.4, -0.2) is 46.3 Å². The molecule has 2 aliphatic rings. The van der Waals surface area contributed by atoms with E-state index < -0.39 is 0 Å². The lowest BCUT2D eigenvalue weighted by Gasteiger charge is -2.28. The summed E-state index contributed by atoms with van der Waals surface area (Å²) >= 11 is 0. The van der Waals surface area contributed by atoms with Gasteiger partial charge in [0.25, 0.3) is 5.69 Å². The molecule has 0 spiro atoms. The molecule has 1 saturated heterocycles. The van der Waals surface area contributed by atoms with Crippen LogP contribution in [0.25, 0.3) is 5.69 Å². The molecule has 7 nitrogen and oxygen atoms in total. The second-order valence-corrected chi connectivity index (χ2v) is 6.62. The van der Waals surface area contributed by atoms with Crippen LogP contribution in [0.1, 0.15) is 30.0 Å². The summed E-state index contributed by atoms with van der Waals surface area (Å²) < 4.78 is 1.74. The Morgan fingerprint density at radius 3 is 2.79 bits per heavy atom. The van der Waals surface area contributed by atoms with Gasteiger partial charge in [-0.05, 0) is 45.5 Å². The first kappa shape index (κ1) is 15.1. The number of nitro benzene ring substituents is 1. The first-order chi connectivity index (χ1) is 11.6. The third kappa shape index (κ3) is 2.45. The van der Waals surface area contributed by atoms with Crippen molar-refractivity contribution in [2.75, 3.05) is 32.0 Å². The van der Waals surface area contributed by atoms with E-state index in [-0.39, 0.29) is 10.6 Å². The topological polar surface area (TPSA) is 76.2 Å². The number of fused-ring (bicyclic) bond motifs is 1. The van der Waals surface area contributed by atoms with Crippen LogP contribution in [0, 0.1) is 10.1 Å². The highest BCUT2D eigenvalue weighted by Crippen LogP contribution is 2.38. The zero-order valence-corrected chi connectivity index (χ0v) is 13.7. The zero-order valence-electron chi connectivity index (χ0n) is 13.7. The normalized spacial score (nSPS) is 18.4. The zero-order chi connectivity index (χ0) is 16.7. The van der Waals surface area contributed by atoms with Crippen molar-refractivity contribution in [2.45, 2.75) is 25.2 Å². The van der Waals surface area contributed by atoms with Gasteiger partial charge < -0.3 is 10.2 Å². The van der Waals surface area contributed by atoms with Crippen molar-refractivity contribution in [2.24, 2.45) is 0 Å². The molecular weight excluding hydrogens is 306 g/mol. The van der Waals surface area contributed by atoms with Gasteiger partial charge >= 0.3 is 0 Å². The summed E-state index contributed by atoms with van der Waals surface area (Å²) in [7, 11) is 2.15. The molecule has 1 aromatic heterocycles. The monoisotopic (exact) mass is 327 g/mol. The molecule has 2 aliphatic heterocycles. The quantitative estimate of drug-likeness (QED) is 0.692. The van der Waals surface area contributed by atoms with Gasteiger partial charge in [0.1, 0.15) is 11.5 Å². The second kappa shape index (κ2) is 5.90. The molecule has 3 heterocycles. The smallest absolute Gasteiger partial charge is 0.294 e. The first-order valence-electron chi connectivity index (χ1n) is 8.43. The van der Waals surface area contributed by atoms with Crippen LogP contribution in [0.3, 0.4) is 0 Å². The molecule has 0 amide bonds. The number of benzene rings is 1. The molecule has 1 fully saturated rings. The number of hydrogen-bond donors (Lipinski definition) is 1. The van der Waals surface area contributed by atoms with Crippen LogP contribution in [0.15, 0.2) is 24.3 Å². The Hall–Kier alpha value is -2.41. The van der Waals surface area contributed by atoms with E-state index in [0.29, 0.717) is 11.6 Å². The summed E-state index contributed by atoms with van der Waals surface area (Å²) in [6.45, 7) is 3.02. The molecule has 0 atom stereocenters. The van der Waals surface area contributed by atoms with E-state index in [0.717, 1.165) is 50.4 Å². The van der Waals surface area contributed by atoms with E-state index in [1.165, 1.54) is 11.6 Å². The van der Waals surface area contributed by atoms with Gasteiger partial charge in [-0.3, -0.25) is 10.1 Å². The van der Waals surface area contributed by atoms with Crippen molar-refractivity contribution in [3.8, 4) is 5.69 Å². The fourth-order valence-corrected chi connectivity index (χ4v) is 3.78. The Morgan fingerprint density at radius 1 is 1.29 bits per heavy atom. The maximum atomic E-state index is 11.4. The fourth-order valence-electron chi connectivity index (χ4n) is 3.78. The molecule has 4 rings (SSSR count). The minimum atomic E-state index is -0.340. The standard InChI is InChI=1S/C17H21N5O2/c1-20-10-7-12(8-11-20)16-13-6-9-18-17(13)21(19-16)14-4-2-3-5-15(14)22(23)24/h2-5,12,18H,6-11H2,1H3. The Kier molecular flexibility index (Phi) is 3.72. The largest absolute Gasteiger partial charge is 0.369 e. The average molecular weight is 327 g/mol. The van der Waals surface area contributed by atoms with Crippen molar-refractivity contribution < 1.29 is 4.92 Å². The highest BCUT2D eigenvalue weighted by atomic mass is 16.6. The Bertz CT molecular complexity index is 777. The maximum absolute atomic E-state index is 11.4. The first-order valence-corrected chi connectivity index (χ1v) is 8.43. The third-order valence-corrected chi connectivity index (χ3v) is 5.09. The number of nitrogens with zero attached hydrogens (tertiary/aromatic N) is 4. The number of likely N-dealkylation sites (tertiary alicyclic amines) is 1. The number of nitrogens with one attached hydrogen (secondary N) is 1. The highest BCUT2D eigenvalue weighted by molar-refractivity contribution is 5.62. The Balaban J connectivity index is 1.78. The van der Waals surface area contributed by atoms with Crippen molar-refractivity contribution in [1.29, 1.82) is 0 Å². The second-order valence-electron chi connectivity index (χ2n) is 6.62. The molecule has 24 heavy (non-hydrogen) atoms. The third-order valence-electron chi connectivity index (χ3n) is 5.09. The van der Waals surface area contributed by atoms with Gasteiger partial charge in [-0.2, -0.15) is 5.10 Å². The van der Waals surface area contributed by atoms with Gasteiger partial charge in [-0.25, -0.2) is 4.68 Å². The van der Waals surface area contributed by atoms with Gasteiger partial charge in [0, 0.05) is 24.1 Å². The van der Waals surface area contributed by atoms with Crippen molar-refractivity contribution >= 4 is 11.5 Å². The Morgan fingerprint density at radius 2 is 2.04 bits per heavy atom. The SMILES string of the molecule is CN1CCC(c2nn(-c3ccccc3[N+](=O)[O-])c3c2CCN3)CC1. The fraction of sp³-hybridized carbons (Fsp3) is 0.471. The molecule has 2 aromatic rings. The molecular formula is C17H21N5O2. The molecule has 0 unspecified atom stereocenters. The summed E-state index contributed by atoms with van der Waals surface area (Å²) in [4.78, 5) is 13.4. The lowest BCUT2D eigenvalue weighted by molar-refractivity contribution is -0.384. The predicted octanol–water partition coefficient (Wildman–Crippen LogP) is 2.56. The van der Waals surface area contributed by atoms with Crippen LogP contribution in [0.2, 0.25) is 0 Å². The molecule has 0 saturated carbocycles. The van der Waals surface area contributed by atoms with Crippen LogP contribution in [-0.2, 0) is 6.42 Å². The molecule has 1 N–H and O–H groups in total. The van der Waals surface area contributed by atoms with E-state index in [9.17, 15) is 10.1 Å². The summed E-state index contributed by atoms with van der Waals surface area (Å²) in [5, 5.41) is 19.6. The highest BCUT2D eigenvalue weighted by Gasteiger charge is 2.31. The van der Waals surface area contributed by atoms with Gasteiger partial charge in [-0.1, -0.05) is 12.1 Å². The summed E-state index contributed by atoms with van der Waals surface area (Å²) in [6.07, 6.45) is 3.13. The van der Waals surface area contributed by atoms with Gasteiger partial charge in [0.2, 0.25) is 0 Å². The number of aromatic nitrogens is 2. The van der Waals surface area contributed by atoms with Crippen LogP contribution in [0.5, 0.6) is 0 Å². The minimum Gasteiger partial charge on any atom is -0.369 e. The number of rotatable bonds is 3. The average Bonchev–Trinajstić information content (AvgIpc) is 3.18. The molecule has 0 aliphatic carbocycles. The number of hydrogen-bond acceptors (Lipinski definition) is 5. The number of para-hydroxylation sites is 2. The lowest BCUT2D eigenvalue weighted by atomic mass is 9.91. The Labute approximate surface area is 140 Å². The molecule has 0 bridgehead atoms. The predicted molar refractivity (Wildman–Crippen MR) is 91.9 cm³/mol. The number of anilines is 1. The molecule has 7 heteroatoms. The molecule has 1 aromatic carbocycles. The van der Waals surface area contributed by atoms with Crippen molar-refractivity contribution in [3.05, 3.63) is 45.6 Å². The summed E-state index contributed by atoms with van der Waals surface area (Å²) in [5.41, 5.74) is 2.99. The summed E-state index contributed by atoms with van der Waals surface area (Å²) in [6, 6.07) is 6.81. The lowest BCUT2D eigenvalue weighted by Crippen LogP contribution is -2.29. The van der Waals surface area contributed by atoms with Gasteiger partial charge in [0.15, 0.2) is 0 Å². The van der Waals surface area contributed by atoms with Crippen molar-refractivity contribution in [3.63, 3.8) is 0 Å². The number of piperidine rings is 1. The maximum Gasteiger partial charge on any atom is 0.294 e. The molecule has 0 radical (unpaired) electrons. The van der Waals surface area contributed by atoms with Crippen LogP contribution >= 0.6 is 0 Å². The van der Waals surface area contributed by atoms with E-state index in [4.69, 9.17) is 5.10 Å². The van der Waals surface area contributed by atoms with Crippen LogP contribution < -0.4 is 5.32 Å². The molecule has 126 valence electrons.